The van der Waals surface area contributed by atoms with E-state index < -0.39 is 6.10 Å². The molecule has 0 amide bonds. The smallest absolute Gasteiger partial charge is 0.0587 e. The Morgan fingerprint density at radius 3 is 2.00 bits per heavy atom. The van der Waals surface area contributed by atoms with Crippen molar-refractivity contribution in [2.45, 2.75) is 25.9 Å². The Morgan fingerprint density at radius 2 is 1.62 bits per heavy atom. The van der Waals surface area contributed by atoms with Crippen LogP contribution in [0, 0.1) is 11.8 Å². The van der Waals surface area contributed by atoms with Gasteiger partial charge in [0.1, 0.15) is 0 Å². The summed E-state index contributed by atoms with van der Waals surface area (Å²) in [7, 11) is 0. The maximum atomic E-state index is 9.43. The van der Waals surface area contributed by atoms with Crippen molar-refractivity contribution in [3.63, 3.8) is 0 Å². The number of rotatable bonds is 7. The van der Waals surface area contributed by atoms with Crippen molar-refractivity contribution in [2.75, 3.05) is 19.8 Å². The van der Waals surface area contributed by atoms with Crippen LogP contribution in [0.3, 0.4) is 0 Å². The van der Waals surface area contributed by atoms with E-state index in [1.54, 1.807) is 0 Å². The molecule has 0 aromatic rings. The van der Waals surface area contributed by atoms with E-state index in [-0.39, 0.29) is 31.7 Å². The maximum absolute atomic E-state index is 9.43. The Labute approximate surface area is 78.8 Å². The first-order valence-electron chi connectivity index (χ1n) is 4.66. The second-order valence-corrected chi connectivity index (χ2v) is 3.52. The first-order chi connectivity index (χ1) is 6.15. The molecule has 13 heavy (non-hydrogen) atoms. The van der Waals surface area contributed by atoms with Crippen molar-refractivity contribution in [3.8, 4) is 0 Å². The van der Waals surface area contributed by atoms with Gasteiger partial charge in [-0.25, -0.2) is 0 Å². The molecule has 0 heterocycles. The molecular weight excluding hydrogens is 172 g/mol. The monoisotopic (exact) mass is 192 g/mol. The molecule has 2 unspecified atom stereocenters. The van der Waals surface area contributed by atoms with Crippen LogP contribution in [-0.2, 0) is 0 Å². The SMILES string of the molecule is CC(CC(CO)CO)C(O)CCO. The highest BCUT2D eigenvalue weighted by Crippen LogP contribution is 2.16. The van der Waals surface area contributed by atoms with Gasteiger partial charge in [-0.15, -0.1) is 0 Å². The van der Waals surface area contributed by atoms with Crippen molar-refractivity contribution < 1.29 is 20.4 Å². The zero-order valence-electron chi connectivity index (χ0n) is 8.06. The van der Waals surface area contributed by atoms with Crippen LogP contribution in [-0.4, -0.2) is 46.4 Å². The summed E-state index contributed by atoms with van der Waals surface area (Å²) < 4.78 is 0. The van der Waals surface area contributed by atoms with E-state index in [4.69, 9.17) is 15.3 Å². The summed E-state index contributed by atoms with van der Waals surface area (Å²) in [6, 6.07) is 0. The third kappa shape index (κ3) is 5.21. The number of aliphatic hydroxyl groups is 4. The molecule has 0 fully saturated rings. The van der Waals surface area contributed by atoms with Crippen LogP contribution in [0.4, 0.5) is 0 Å². The normalized spacial score (nSPS) is 16.2. The van der Waals surface area contributed by atoms with Gasteiger partial charge in [0.05, 0.1) is 6.10 Å². The summed E-state index contributed by atoms with van der Waals surface area (Å²) in [5.41, 5.74) is 0. The molecule has 0 aromatic heterocycles. The van der Waals surface area contributed by atoms with Crippen LogP contribution < -0.4 is 0 Å². The largest absolute Gasteiger partial charge is 0.396 e. The lowest BCUT2D eigenvalue weighted by Crippen LogP contribution is -2.24. The van der Waals surface area contributed by atoms with Gasteiger partial charge in [-0.3, -0.25) is 0 Å². The van der Waals surface area contributed by atoms with Crippen molar-refractivity contribution in [2.24, 2.45) is 11.8 Å². The number of hydrogen-bond acceptors (Lipinski definition) is 4. The number of hydrogen-bond donors (Lipinski definition) is 4. The molecule has 0 aliphatic carbocycles. The molecule has 0 radical (unpaired) electrons. The highest BCUT2D eigenvalue weighted by Gasteiger charge is 2.18. The number of aliphatic hydroxyl groups excluding tert-OH is 4. The van der Waals surface area contributed by atoms with Crippen LogP contribution >= 0.6 is 0 Å². The lowest BCUT2D eigenvalue weighted by molar-refractivity contribution is 0.0560. The van der Waals surface area contributed by atoms with Gasteiger partial charge < -0.3 is 20.4 Å². The van der Waals surface area contributed by atoms with Gasteiger partial charge >= 0.3 is 0 Å². The van der Waals surface area contributed by atoms with E-state index in [1.807, 2.05) is 6.92 Å². The Bertz CT molecular complexity index is 114. The topological polar surface area (TPSA) is 80.9 Å². The highest BCUT2D eigenvalue weighted by molar-refractivity contribution is 4.68. The molecule has 0 bridgehead atoms. The fourth-order valence-corrected chi connectivity index (χ4v) is 1.31. The first kappa shape index (κ1) is 12.8. The summed E-state index contributed by atoms with van der Waals surface area (Å²) in [6.45, 7) is 1.69. The van der Waals surface area contributed by atoms with Gasteiger partial charge in [-0.05, 0) is 18.8 Å². The summed E-state index contributed by atoms with van der Waals surface area (Å²) in [4.78, 5) is 0. The van der Waals surface area contributed by atoms with Crippen molar-refractivity contribution in [1.29, 1.82) is 0 Å². The molecule has 0 rings (SSSR count). The van der Waals surface area contributed by atoms with Crippen LogP contribution in [0.1, 0.15) is 19.8 Å². The Morgan fingerprint density at radius 1 is 1.08 bits per heavy atom. The van der Waals surface area contributed by atoms with Crippen LogP contribution in [0.2, 0.25) is 0 Å². The summed E-state index contributed by atoms with van der Waals surface area (Å²) in [5, 5.41) is 35.6. The molecule has 4 N–H and O–H groups in total. The van der Waals surface area contributed by atoms with Crippen molar-refractivity contribution in [1.82, 2.24) is 0 Å². The quantitative estimate of drug-likeness (QED) is 0.432. The van der Waals surface area contributed by atoms with E-state index in [0.29, 0.717) is 12.8 Å². The van der Waals surface area contributed by atoms with E-state index >= 15 is 0 Å². The zero-order valence-corrected chi connectivity index (χ0v) is 8.06. The molecule has 0 aliphatic heterocycles. The average molecular weight is 192 g/mol. The highest BCUT2D eigenvalue weighted by atomic mass is 16.3. The third-order valence-electron chi connectivity index (χ3n) is 2.30. The summed E-state index contributed by atoms with van der Waals surface area (Å²) in [5.74, 6) is -0.167. The van der Waals surface area contributed by atoms with Gasteiger partial charge in [0, 0.05) is 25.7 Å². The zero-order chi connectivity index (χ0) is 10.3. The van der Waals surface area contributed by atoms with Crippen molar-refractivity contribution >= 4 is 0 Å². The van der Waals surface area contributed by atoms with E-state index in [0.717, 1.165) is 0 Å². The lowest BCUT2D eigenvalue weighted by atomic mass is 9.91. The maximum Gasteiger partial charge on any atom is 0.0587 e. The van der Waals surface area contributed by atoms with E-state index in [2.05, 4.69) is 0 Å². The van der Waals surface area contributed by atoms with Gasteiger partial charge in [-0.1, -0.05) is 6.92 Å². The molecule has 0 saturated heterocycles. The van der Waals surface area contributed by atoms with Crippen LogP contribution in [0.5, 0.6) is 0 Å². The molecule has 0 spiro atoms. The minimum atomic E-state index is -0.550. The molecule has 4 nitrogen and oxygen atoms in total. The second-order valence-electron chi connectivity index (χ2n) is 3.52. The van der Waals surface area contributed by atoms with Crippen LogP contribution in [0.15, 0.2) is 0 Å². The van der Waals surface area contributed by atoms with Crippen molar-refractivity contribution in [3.05, 3.63) is 0 Å². The average Bonchev–Trinajstić information content (AvgIpc) is 2.14. The molecular formula is C9H20O4. The molecule has 4 heteroatoms. The van der Waals surface area contributed by atoms with Gasteiger partial charge in [0.25, 0.3) is 0 Å². The Balaban J connectivity index is 3.75. The van der Waals surface area contributed by atoms with Gasteiger partial charge in [0.15, 0.2) is 0 Å². The van der Waals surface area contributed by atoms with E-state index in [9.17, 15) is 5.11 Å². The molecule has 80 valence electrons. The van der Waals surface area contributed by atoms with Gasteiger partial charge in [-0.2, -0.15) is 0 Å². The first-order valence-corrected chi connectivity index (χ1v) is 4.66. The molecule has 2 atom stereocenters. The Kier molecular flexibility index (Phi) is 7.17. The lowest BCUT2D eigenvalue weighted by Gasteiger charge is -2.21. The fourth-order valence-electron chi connectivity index (χ4n) is 1.31. The molecule has 0 aliphatic rings. The predicted molar refractivity (Wildman–Crippen MR) is 49.2 cm³/mol. The predicted octanol–water partition coefficient (Wildman–Crippen LogP) is -0.643. The standard InChI is InChI=1S/C9H20O4/c1-7(9(13)2-3-10)4-8(5-11)6-12/h7-13H,2-6H2,1H3. The molecule has 0 aromatic carbocycles. The minimum Gasteiger partial charge on any atom is -0.396 e. The van der Waals surface area contributed by atoms with E-state index in [1.165, 1.54) is 0 Å². The fraction of sp³-hybridized carbons (Fsp3) is 1.00. The third-order valence-corrected chi connectivity index (χ3v) is 2.30. The second kappa shape index (κ2) is 7.26. The molecule has 0 saturated carbocycles. The minimum absolute atomic E-state index is 0.00329. The van der Waals surface area contributed by atoms with Crippen LogP contribution in [0.25, 0.3) is 0 Å². The summed E-state index contributed by atoms with van der Waals surface area (Å²) >= 11 is 0. The Hall–Kier alpha value is -0.160. The summed E-state index contributed by atoms with van der Waals surface area (Å²) in [6.07, 6.45) is 0.379. The van der Waals surface area contributed by atoms with Gasteiger partial charge in [0.2, 0.25) is 0 Å².